The third kappa shape index (κ3) is 4.49. The molecule has 2 N–H and O–H groups in total. The van der Waals surface area contributed by atoms with Crippen LogP contribution < -0.4 is 9.44 Å². The van der Waals surface area contributed by atoms with E-state index in [0.717, 1.165) is 25.7 Å². The minimum atomic E-state index is -3.72. The molecule has 0 saturated heterocycles. The van der Waals surface area contributed by atoms with Gasteiger partial charge in [0.05, 0.1) is 9.79 Å². The summed E-state index contributed by atoms with van der Waals surface area (Å²) in [5, 5.41) is 0. The van der Waals surface area contributed by atoms with Crippen LogP contribution >= 0.6 is 0 Å². The molecule has 9 heteroatoms. The molecule has 0 saturated carbocycles. The van der Waals surface area contributed by atoms with Gasteiger partial charge >= 0.3 is 0 Å². The quantitative estimate of drug-likeness (QED) is 0.462. The van der Waals surface area contributed by atoms with Crippen molar-refractivity contribution in [1.82, 2.24) is 9.44 Å². The van der Waals surface area contributed by atoms with Crippen LogP contribution in [0.25, 0.3) is 11.1 Å². The highest BCUT2D eigenvalue weighted by molar-refractivity contribution is 7.89. The number of benzene rings is 2. The van der Waals surface area contributed by atoms with Crippen molar-refractivity contribution >= 4 is 25.8 Å². The maximum Gasteiger partial charge on any atom is 0.240 e. The number of carbonyl (C=O) groups excluding carboxylic acids is 1. The molecule has 0 radical (unpaired) electrons. The van der Waals surface area contributed by atoms with E-state index in [2.05, 4.69) is 9.44 Å². The van der Waals surface area contributed by atoms with Crippen LogP contribution in [0.3, 0.4) is 0 Å². The molecule has 0 aromatic heterocycles. The Morgan fingerprint density at radius 3 is 1.43 bits per heavy atom. The van der Waals surface area contributed by atoms with Crippen LogP contribution in [-0.2, 0) is 20.0 Å². The van der Waals surface area contributed by atoms with E-state index in [0.29, 0.717) is 24.2 Å². The third-order valence-corrected chi connectivity index (χ3v) is 7.94. The fourth-order valence-electron chi connectivity index (χ4n) is 3.30. The summed E-state index contributed by atoms with van der Waals surface area (Å²) < 4.78 is 55.0. The fourth-order valence-corrected chi connectivity index (χ4v) is 5.50. The standard InChI is InChI=1S/C21H26N2O5S2/c1-3-5-11-22-29(25,26)15-7-9-17-18-10-8-16(30(27,28)23-12-6-4-2)14-20(18)21(24)19(17)13-15/h7-10,13-14,22-23H,3-6,11-12H2,1-2H3. The van der Waals surface area contributed by atoms with Gasteiger partial charge in [0.2, 0.25) is 20.0 Å². The molecule has 1 aliphatic carbocycles. The van der Waals surface area contributed by atoms with Crippen LogP contribution in [0.1, 0.15) is 55.5 Å². The van der Waals surface area contributed by atoms with Gasteiger partial charge in [-0.05, 0) is 48.2 Å². The summed E-state index contributed by atoms with van der Waals surface area (Å²) in [4.78, 5) is 13.0. The normalized spacial score (nSPS) is 13.3. The van der Waals surface area contributed by atoms with Crippen LogP contribution in [0.15, 0.2) is 46.2 Å². The van der Waals surface area contributed by atoms with Crippen molar-refractivity contribution in [2.45, 2.75) is 49.3 Å². The van der Waals surface area contributed by atoms with Gasteiger partial charge in [-0.2, -0.15) is 0 Å². The second-order valence-corrected chi connectivity index (χ2v) is 10.8. The van der Waals surface area contributed by atoms with Gasteiger partial charge in [-0.25, -0.2) is 26.3 Å². The first-order valence-corrected chi connectivity index (χ1v) is 13.0. The van der Waals surface area contributed by atoms with Crippen molar-refractivity contribution in [3.8, 4) is 11.1 Å². The van der Waals surface area contributed by atoms with E-state index in [4.69, 9.17) is 0 Å². The summed E-state index contributed by atoms with van der Waals surface area (Å²) in [6.07, 6.45) is 3.16. The topological polar surface area (TPSA) is 109 Å². The molecule has 2 aromatic rings. The maximum absolute atomic E-state index is 12.9. The largest absolute Gasteiger partial charge is 0.289 e. The monoisotopic (exact) mass is 450 g/mol. The van der Waals surface area contributed by atoms with Crippen LogP contribution in [0.2, 0.25) is 0 Å². The first kappa shape index (κ1) is 22.6. The molecule has 0 amide bonds. The molecule has 3 rings (SSSR count). The average molecular weight is 451 g/mol. The highest BCUT2D eigenvalue weighted by atomic mass is 32.2. The van der Waals surface area contributed by atoms with Crippen molar-refractivity contribution in [2.75, 3.05) is 13.1 Å². The van der Waals surface area contributed by atoms with Gasteiger partial charge < -0.3 is 0 Å². The molecule has 0 spiro atoms. The van der Waals surface area contributed by atoms with Gasteiger partial charge in [0.1, 0.15) is 0 Å². The van der Waals surface area contributed by atoms with Gasteiger partial charge in [0.25, 0.3) is 0 Å². The molecule has 2 aromatic carbocycles. The highest BCUT2D eigenvalue weighted by Gasteiger charge is 2.30. The lowest BCUT2D eigenvalue weighted by Gasteiger charge is -2.08. The Kier molecular flexibility index (Phi) is 6.76. The van der Waals surface area contributed by atoms with E-state index in [1.54, 1.807) is 12.1 Å². The van der Waals surface area contributed by atoms with E-state index in [9.17, 15) is 21.6 Å². The number of sulfonamides is 2. The van der Waals surface area contributed by atoms with Crippen molar-refractivity contribution < 1.29 is 21.6 Å². The van der Waals surface area contributed by atoms with E-state index >= 15 is 0 Å². The number of rotatable bonds is 10. The molecule has 0 atom stereocenters. The second kappa shape index (κ2) is 8.97. The molecule has 0 aliphatic heterocycles. The lowest BCUT2D eigenvalue weighted by Crippen LogP contribution is -2.25. The molecule has 30 heavy (non-hydrogen) atoms. The smallest absolute Gasteiger partial charge is 0.240 e. The molecular weight excluding hydrogens is 424 g/mol. The lowest BCUT2D eigenvalue weighted by atomic mass is 10.1. The molecular formula is C21H26N2O5S2. The Bertz CT molecular complexity index is 1080. The SMILES string of the molecule is CCCCNS(=O)(=O)c1ccc2c(c1)C(=O)c1cc(S(=O)(=O)NCCCC)ccc1-2. The summed E-state index contributed by atoms with van der Waals surface area (Å²) in [7, 11) is -7.43. The number of ketones is 1. The number of hydrogen-bond acceptors (Lipinski definition) is 5. The lowest BCUT2D eigenvalue weighted by molar-refractivity contribution is 0.104. The summed E-state index contributed by atoms with van der Waals surface area (Å²) >= 11 is 0. The van der Waals surface area contributed by atoms with E-state index < -0.39 is 20.0 Å². The fraction of sp³-hybridized carbons (Fsp3) is 0.381. The molecule has 0 heterocycles. The zero-order valence-electron chi connectivity index (χ0n) is 17.1. The van der Waals surface area contributed by atoms with E-state index in [-0.39, 0.29) is 26.7 Å². The predicted octanol–water partition coefficient (Wildman–Crippen LogP) is 3.05. The van der Waals surface area contributed by atoms with E-state index in [1.807, 2.05) is 13.8 Å². The van der Waals surface area contributed by atoms with Gasteiger partial charge in [0.15, 0.2) is 5.78 Å². The summed E-state index contributed by atoms with van der Waals surface area (Å²) in [5.41, 5.74) is 1.73. The van der Waals surface area contributed by atoms with Crippen molar-refractivity contribution in [1.29, 1.82) is 0 Å². The maximum atomic E-state index is 12.9. The number of unbranched alkanes of at least 4 members (excludes halogenated alkanes) is 2. The van der Waals surface area contributed by atoms with Gasteiger partial charge in [-0.1, -0.05) is 38.8 Å². The third-order valence-electron chi connectivity index (χ3n) is 5.03. The Labute approximate surface area is 178 Å². The zero-order valence-corrected chi connectivity index (χ0v) is 18.7. The van der Waals surface area contributed by atoms with Crippen LogP contribution in [0.4, 0.5) is 0 Å². The Morgan fingerprint density at radius 1 is 0.667 bits per heavy atom. The zero-order chi connectivity index (χ0) is 21.9. The summed E-state index contributed by atoms with van der Waals surface area (Å²) in [6.45, 7) is 4.59. The average Bonchev–Trinajstić information content (AvgIpc) is 3.00. The van der Waals surface area contributed by atoms with Gasteiger partial charge in [-0.3, -0.25) is 4.79 Å². The van der Waals surface area contributed by atoms with Crippen molar-refractivity contribution in [3.63, 3.8) is 0 Å². The Hall–Kier alpha value is -2.07. The number of hydrogen-bond donors (Lipinski definition) is 2. The first-order chi connectivity index (χ1) is 14.2. The molecule has 7 nitrogen and oxygen atoms in total. The Morgan fingerprint density at radius 2 is 1.07 bits per heavy atom. The van der Waals surface area contributed by atoms with E-state index in [1.165, 1.54) is 24.3 Å². The minimum Gasteiger partial charge on any atom is -0.289 e. The number of carbonyl (C=O) groups is 1. The second-order valence-electron chi connectivity index (χ2n) is 7.25. The van der Waals surface area contributed by atoms with Gasteiger partial charge in [0, 0.05) is 24.2 Å². The van der Waals surface area contributed by atoms with Crippen molar-refractivity contribution in [3.05, 3.63) is 47.5 Å². The van der Waals surface area contributed by atoms with Crippen LogP contribution in [-0.4, -0.2) is 35.7 Å². The molecule has 162 valence electrons. The number of fused-ring (bicyclic) bond motifs is 3. The molecule has 0 bridgehead atoms. The molecule has 0 unspecified atom stereocenters. The predicted molar refractivity (Wildman–Crippen MR) is 116 cm³/mol. The van der Waals surface area contributed by atoms with Gasteiger partial charge in [-0.15, -0.1) is 0 Å². The van der Waals surface area contributed by atoms with Crippen LogP contribution in [0, 0.1) is 0 Å². The molecule has 1 aliphatic rings. The Balaban J connectivity index is 1.92. The van der Waals surface area contributed by atoms with Crippen molar-refractivity contribution in [2.24, 2.45) is 0 Å². The molecule has 0 fully saturated rings. The highest BCUT2D eigenvalue weighted by Crippen LogP contribution is 2.38. The van der Waals surface area contributed by atoms with Crippen LogP contribution in [0.5, 0.6) is 0 Å². The summed E-state index contributed by atoms with van der Waals surface area (Å²) in [6, 6.07) is 8.85. The number of nitrogens with one attached hydrogen (secondary N) is 2. The first-order valence-electron chi connectivity index (χ1n) is 10.0. The minimum absolute atomic E-state index is 0.0209. The summed E-state index contributed by atoms with van der Waals surface area (Å²) in [5.74, 6) is -0.379.